The van der Waals surface area contributed by atoms with Crippen LogP contribution in [0.1, 0.15) is 32.6 Å². The number of hydrogen-bond donors (Lipinski definition) is 0. The summed E-state index contributed by atoms with van der Waals surface area (Å²) in [6.45, 7) is 2.46. The van der Waals surface area contributed by atoms with E-state index in [-0.39, 0.29) is 0 Å². The molecule has 3 fully saturated rings. The Morgan fingerprint density at radius 1 is 1.08 bits per heavy atom. The summed E-state index contributed by atoms with van der Waals surface area (Å²) < 4.78 is 5.60. The lowest BCUT2D eigenvalue weighted by molar-refractivity contribution is 0.0135. The first kappa shape index (κ1) is 8.28. The van der Waals surface area contributed by atoms with Crippen molar-refractivity contribution in [3.8, 4) is 0 Å². The van der Waals surface area contributed by atoms with Gasteiger partial charge in [-0.05, 0) is 48.9 Å². The van der Waals surface area contributed by atoms with Crippen molar-refractivity contribution in [2.75, 3.05) is 7.11 Å². The van der Waals surface area contributed by atoms with Crippen molar-refractivity contribution in [1.82, 2.24) is 0 Å². The molecule has 0 spiro atoms. The number of hydrogen-bond acceptors (Lipinski definition) is 1. The highest BCUT2D eigenvalue weighted by Gasteiger charge is 2.56. The summed E-state index contributed by atoms with van der Waals surface area (Å²) >= 11 is 0. The third-order valence-electron chi connectivity index (χ3n) is 5.10. The van der Waals surface area contributed by atoms with E-state index in [1.165, 1.54) is 25.7 Å². The Labute approximate surface area is 80.8 Å². The van der Waals surface area contributed by atoms with Crippen LogP contribution in [0.3, 0.4) is 0 Å². The average molecular weight is 180 g/mol. The monoisotopic (exact) mass is 180 g/mol. The summed E-state index contributed by atoms with van der Waals surface area (Å²) in [5.74, 6) is 5.07. The van der Waals surface area contributed by atoms with Gasteiger partial charge in [-0.1, -0.05) is 13.3 Å². The normalized spacial score (nSPS) is 58.6. The molecule has 2 bridgehead atoms. The molecular weight excluding hydrogens is 160 g/mol. The smallest absolute Gasteiger partial charge is 0.0605 e. The molecule has 0 radical (unpaired) electrons. The fraction of sp³-hybridized carbons (Fsp3) is 1.00. The van der Waals surface area contributed by atoms with Crippen LogP contribution >= 0.6 is 0 Å². The van der Waals surface area contributed by atoms with Crippen molar-refractivity contribution in [2.45, 2.75) is 38.7 Å². The van der Waals surface area contributed by atoms with E-state index in [9.17, 15) is 0 Å². The Balaban J connectivity index is 1.85. The van der Waals surface area contributed by atoms with E-state index in [1.807, 2.05) is 7.11 Å². The molecule has 74 valence electrons. The molecule has 0 amide bonds. The zero-order chi connectivity index (χ0) is 9.00. The first-order valence-electron chi connectivity index (χ1n) is 5.84. The van der Waals surface area contributed by atoms with Crippen LogP contribution in [0, 0.1) is 29.6 Å². The molecule has 6 unspecified atom stereocenters. The molecule has 0 saturated heterocycles. The fourth-order valence-electron chi connectivity index (χ4n) is 4.65. The quantitative estimate of drug-likeness (QED) is 0.603. The first-order chi connectivity index (χ1) is 6.31. The van der Waals surface area contributed by atoms with Crippen molar-refractivity contribution in [3.05, 3.63) is 0 Å². The van der Waals surface area contributed by atoms with E-state index in [0.29, 0.717) is 6.10 Å². The summed E-state index contributed by atoms with van der Waals surface area (Å²) in [7, 11) is 1.90. The molecule has 3 rings (SSSR count). The van der Waals surface area contributed by atoms with Gasteiger partial charge in [-0.25, -0.2) is 0 Å². The van der Waals surface area contributed by atoms with Gasteiger partial charge < -0.3 is 4.74 Å². The molecule has 3 aliphatic rings. The zero-order valence-electron chi connectivity index (χ0n) is 8.70. The van der Waals surface area contributed by atoms with Crippen LogP contribution in [0.25, 0.3) is 0 Å². The van der Waals surface area contributed by atoms with Crippen molar-refractivity contribution in [1.29, 1.82) is 0 Å². The van der Waals surface area contributed by atoms with Gasteiger partial charge >= 0.3 is 0 Å². The van der Waals surface area contributed by atoms with Gasteiger partial charge in [0.1, 0.15) is 0 Å². The molecule has 0 aromatic rings. The van der Waals surface area contributed by atoms with Crippen molar-refractivity contribution in [3.63, 3.8) is 0 Å². The second-order valence-corrected chi connectivity index (χ2v) is 5.47. The van der Waals surface area contributed by atoms with Crippen molar-refractivity contribution in [2.24, 2.45) is 29.6 Å². The molecule has 1 heteroatoms. The topological polar surface area (TPSA) is 9.23 Å². The maximum absolute atomic E-state index is 5.60. The molecule has 0 N–H and O–H groups in total. The SMILES string of the molecule is COC1CC2CC1C1C(C)CCC21. The van der Waals surface area contributed by atoms with E-state index in [2.05, 4.69) is 6.92 Å². The summed E-state index contributed by atoms with van der Waals surface area (Å²) in [5.41, 5.74) is 0. The first-order valence-corrected chi connectivity index (χ1v) is 5.84. The summed E-state index contributed by atoms with van der Waals surface area (Å²) in [5, 5.41) is 0. The van der Waals surface area contributed by atoms with Crippen LogP contribution < -0.4 is 0 Å². The molecule has 0 aromatic carbocycles. The van der Waals surface area contributed by atoms with Crippen LogP contribution in [0.2, 0.25) is 0 Å². The van der Waals surface area contributed by atoms with Gasteiger partial charge in [0.2, 0.25) is 0 Å². The van der Waals surface area contributed by atoms with Crippen LogP contribution in [0.5, 0.6) is 0 Å². The maximum Gasteiger partial charge on any atom is 0.0605 e. The van der Waals surface area contributed by atoms with Gasteiger partial charge in [0.25, 0.3) is 0 Å². The van der Waals surface area contributed by atoms with E-state index in [4.69, 9.17) is 4.74 Å². The second-order valence-electron chi connectivity index (χ2n) is 5.47. The second kappa shape index (κ2) is 2.73. The van der Waals surface area contributed by atoms with Gasteiger partial charge in [-0.2, -0.15) is 0 Å². The molecular formula is C12H20O. The fourth-order valence-corrected chi connectivity index (χ4v) is 4.65. The third-order valence-corrected chi connectivity index (χ3v) is 5.10. The van der Waals surface area contributed by atoms with Gasteiger partial charge in [0, 0.05) is 7.11 Å². The number of fused-ring (bicyclic) bond motifs is 5. The summed E-state index contributed by atoms with van der Waals surface area (Å²) in [6, 6.07) is 0. The highest BCUT2D eigenvalue weighted by Crippen LogP contribution is 2.61. The summed E-state index contributed by atoms with van der Waals surface area (Å²) in [6.07, 6.45) is 6.47. The Bertz CT molecular complexity index is 213. The molecule has 0 aliphatic heterocycles. The van der Waals surface area contributed by atoms with Gasteiger partial charge in [0.15, 0.2) is 0 Å². The molecule has 13 heavy (non-hydrogen) atoms. The molecule has 0 aromatic heterocycles. The van der Waals surface area contributed by atoms with Gasteiger partial charge in [-0.15, -0.1) is 0 Å². The van der Waals surface area contributed by atoms with Crippen LogP contribution in [0.15, 0.2) is 0 Å². The minimum absolute atomic E-state index is 0.617. The zero-order valence-corrected chi connectivity index (χ0v) is 8.70. The summed E-state index contributed by atoms with van der Waals surface area (Å²) in [4.78, 5) is 0. The molecule has 6 atom stereocenters. The number of rotatable bonds is 1. The minimum Gasteiger partial charge on any atom is -0.381 e. The lowest BCUT2D eigenvalue weighted by atomic mass is 9.77. The largest absolute Gasteiger partial charge is 0.381 e. The molecule has 3 saturated carbocycles. The van der Waals surface area contributed by atoms with Crippen molar-refractivity contribution >= 4 is 0 Å². The Kier molecular flexibility index (Phi) is 1.74. The van der Waals surface area contributed by atoms with E-state index in [0.717, 1.165) is 29.6 Å². The highest BCUT2D eigenvalue weighted by atomic mass is 16.5. The Morgan fingerprint density at radius 2 is 1.92 bits per heavy atom. The lowest BCUT2D eigenvalue weighted by Gasteiger charge is -2.32. The Hall–Kier alpha value is -0.0400. The predicted octanol–water partition coefficient (Wildman–Crippen LogP) is 2.70. The third kappa shape index (κ3) is 0.971. The molecule has 3 aliphatic carbocycles. The van der Waals surface area contributed by atoms with Crippen LogP contribution in [-0.2, 0) is 4.74 Å². The van der Waals surface area contributed by atoms with Gasteiger partial charge in [0.05, 0.1) is 6.10 Å². The molecule has 1 nitrogen and oxygen atoms in total. The predicted molar refractivity (Wildman–Crippen MR) is 52.4 cm³/mol. The van der Waals surface area contributed by atoms with E-state index >= 15 is 0 Å². The lowest BCUT2D eigenvalue weighted by Crippen LogP contribution is -2.31. The van der Waals surface area contributed by atoms with E-state index in [1.54, 1.807) is 0 Å². The van der Waals surface area contributed by atoms with Crippen LogP contribution in [-0.4, -0.2) is 13.2 Å². The van der Waals surface area contributed by atoms with Crippen molar-refractivity contribution < 1.29 is 4.74 Å². The Morgan fingerprint density at radius 3 is 2.69 bits per heavy atom. The highest BCUT2D eigenvalue weighted by molar-refractivity contribution is 5.05. The average Bonchev–Trinajstić information content (AvgIpc) is 2.76. The van der Waals surface area contributed by atoms with Gasteiger partial charge in [-0.3, -0.25) is 0 Å². The standard InChI is InChI=1S/C12H20O/c1-7-3-4-9-8-5-10(12(7)9)11(6-8)13-2/h7-12H,3-6H2,1-2H3. The minimum atomic E-state index is 0.617. The van der Waals surface area contributed by atoms with E-state index < -0.39 is 0 Å². The number of ether oxygens (including phenoxy) is 1. The number of methoxy groups -OCH3 is 1. The van der Waals surface area contributed by atoms with Crippen LogP contribution in [0.4, 0.5) is 0 Å². The molecule has 0 heterocycles. The maximum atomic E-state index is 5.60.